The van der Waals surface area contributed by atoms with Gasteiger partial charge in [-0.05, 0) is 36.8 Å². The zero-order chi connectivity index (χ0) is 16.1. The molecular weight excluding hydrogens is 287 g/mol. The molecule has 22 heavy (non-hydrogen) atoms. The molecule has 0 aliphatic rings. The number of likely N-dealkylation sites (N-methyl/N-ethyl adjacent to an activating group) is 1. The molecule has 0 bridgehead atoms. The van der Waals surface area contributed by atoms with Crippen molar-refractivity contribution in [2.45, 2.75) is 19.5 Å². The molecule has 1 unspecified atom stereocenters. The summed E-state index contributed by atoms with van der Waals surface area (Å²) in [5.74, 6) is -0.858. The number of hydrogen-bond acceptors (Lipinski definition) is 3. The summed E-state index contributed by atoms with van der Waals surface area (Å²) in [4.78, 5) is 25.5. The molecule has 0 saturated heterocycles. The van der Waals surface area contributed by atoms with E-state index in [1.165, 1.54) is 29.4 Å². The van der Waals surface area contributed by atoms with Gasteiger partial charge in [-0.3, -0.25) is 9.59 Å². The predicted octanol–water partition coefficient (Wildman–Crippen LogP) is 2.20. The molecule has 1 atom stereocenters. The lowest BCUT2D eigenvalue weighted by molar-refractivity contribution is -0.132. The summed E-state index contributed by atoms with van der Waals surface area (Å²) in [7, 11) is 1.63. The summed E-state index contributed by atoms with van der Waals surface area (Å²) in [5.41, 5.74) is 0.807. The first kappa shape index (κ1) is 15.8. The molecule has 6 heteroatoms. The zero-order valence-electron chi connectivity index (χ0n) is 12.4. The van der Waals surface area contributed by atoms with Crippen molar-refractivity contribution >= 4 is 11.8 Å². The van der Waals surface area contributed by atoms with Crippen molar-refractivity contribution < 1.29 is 18.4 Å². The highest BCUT2D eigenvalue weighted by Crippen LogP contribution is 2.07. The second-order valence-electron chi connectivity index (χ2n) is 4.99. The molecule has 5 nitrogen and oxygen atoms in total. The molecule has 0 saturated carbocycles. The van der Waals surface area contributed by atoms with Crippen LogP contribution in [0, 0.1) is 5.82 Å². The third kappa shape index (κ3) is 3.94. The average Bonchev–Trinajstić information content (AvgIpc) is 3.03. The first-order valence-electron chi connectivity index (χ1n) is 6.81. The molecular formula is C16H17FN2O3. The lowest BCUT2D eigenvalue weighted by atomic mass is 10.2. The van der Waals surface area contributed by atoms with Gasteiger partial charge in [0.2, 0.25) is 5.91 Å². The van der Waals surface area contributed by atoms with E-state index in [0.29, 0.717) is 6.54 Å². The van der Waals surface area contributed by atoms with Crippen molar-refractivity contribution in [3.63, 3.8) is 0 Å². The summed E-state index contributed by atoms with van der Waals surface area (Å²) in [6.45, 7) is 1.93. The lowest BCUT2D eigenvalue weighted by Gasteiger charge is -2.22. The number of carbonyl (C=O) groups is 2. The smallest absolute Gasteiger partial charge is 0.287 e. The summed E-state index contributed by atoms with van der Waals surface area (Å²) >= 11 is 0. The van der Waals surface area contributed by atoms with Gasteiger partial charge in [0.15, 0.2) is 5.76 Å². The second kappa shape index (κ2) is 6.89. The highest BCUT2D eigenvalue weighted by Gasteiger charge is 2.21. The van der Waals surface area contributed by atoms with Gasteiger partial charge in [-0.15, -0.1) is 0 Å². The fourth-order valence-corrected chi connectivity index (χ4v) is 2.01. The third-order valence-corrected chi connectivity index (χ3v) is 3.17. The van der Waals surface area contributed by atoms with Crippen LogP contribution < -0.4 is 5.32 Å². The molecule has 1 N–H and O–H groups in total. The van der Waals surface area contributed by atoms with Crippen LogP contribution in [0.25, 0.3) is 0 Å². The quantitative estimate of drug-likeness (QED) is 0.921. The molecule has 2 amide bonds. The Hall–Kier alpha value is -2.63. The Morgan fingerprint density at radius 2 is 1.95 bits per heavy atom. The van der Waals surface area contributed by atoms with Gasteiger partial charge in [-0.1, -0.05) is 12.1 Å². The first-order valence-corrected chi connectivity index (χ1v) is 6.81. The van der Waals surface area contributed by atoms with Crippen molar-refractivity contribution in [2.75, 3.05) is 7.05 Å². The Morgan fingerprint density at radius 3 is 2.55 bits per heavy atom. The van der Waals surface area contributed by atoms with Crippen LogP contribution in [0.2, 0.25) is 0 Å². The fraction of sp³-hybridized carbons (Fsp3) is 0.250. The maximum absolute atomic E-state index is 12.9. The standard InChI is InChI=1S/C16H17FN2O3/c1-11(18-15(20)14-4-3-9-22-14)16(21)19(2)10-12-5-7-13(17)8-6-12/h3-9,11H,10H2,1-2H3,(H,18,20). The normalized spacial score (nSPS) is 11.8. The highest BCUT2D eigenvalue weighted by atomic mass is 19.1. The van der Waals surface area contributed by atoms with Gasteiger partial charge in [0.1, 0.15) is 11.9 Å². The van der Waals surface area contributed by atoms with Gasteiger partial charge < -0.3 is 14.6 Å². The molecule has 0 fully saturated rings. The number of carbonyl (C=O) groups excluding carboxylic acids is 2. The van der Waals surface area contributed by atoms with Crippen LogP contribution >= 0.6 is 0 Å². The predicted molar refractivity (Wildman–Crippen MR) is 78.5 cm³/mol. The Labute approximate surface area is 127 Å². The minimum Gasteiger partial charge on any atom is -0.459 e. The largest absolute Gasteiger partial charge is 0.459 e. The number of benzene rings is 1. The molecule has 2 aromatic rings. The van der Waals surface area contributed by atoms with E-state index >= 15 is 0 Å². The van der Waals surface area contributed by atoms with Crippen molar-refractivity contribution in [1.29, 1.82) is 0 Å². The minimum absolute atomic E-state index is 0.154. The van der Waals surface area contributed by atoms with E-state index < -0.39 is 11.9 Å². The topological polar surface area (TPSA) is 62.6 Å². The Balaban J connectivity index is 1.92. The number of amides is 2. The van der Waals surface area contributed by atoms with Crippen LogP contribution in [0.4, 0.5) is 4.39 Å². The highest BCUT2D eigenvalue weighted by molar-refractivity contribution is 5.95. The van der Waals surface area contributed by atoms with Gasteiger partial charge >= 0.3 is 0 Å². The van der Waals surface area contributed by atoms with E-state index in [1.807, 2.05) is 0 Å². The first-order chi connectivity index (χ1) is 10.5. The lowest BCUT2D eigenvalue weighted by Crippen LogP contribution is -2.45. The van der Waals surface area contributed by atoms with Crippen LogP contribution in [0.5, 0.6) is 0 Å². The summed E-state index contributed by atoms with van der Waals surface area (Å²) in [6, 6.07) is 8.35. The monoisotopic (exact) mass is 304 g/mol. The molecule has 116 valence electrons. The second-order valence-corrected chi connectivity index (χ2v) is 4.99. The van der Waals surface area contributed by atoms with Gasteiger partial charge in [-0.2, -0.15) is 0 Å². The van der Waals surface area contributed by atoms with Crippen LogP contribution in [0.1, 0.15) is 23.0 Å². The van der Waals surface area contributed by atoms with Gasteiger partial charge in [-0.25, -0.2) is 4.39 Å². The van der Waals surface area contributed by atoms with E-state index in [4.69, 9.17) is 4.42 Å². The number of furan rings is 1. The number of nitrogens with zero attached hydrogens (tertiary/aromatic N) is 1. The van der Waals surface area contributed by atoms with E-state index in [2.05, 4.69) is 5.32 Å². The molecule has 0 spiro atoms. The molecule has 0 radical (unpaired) electrons. The molecule has 0 aliphatic carbocycles. The van der Waals surface area contributed by atoms with Crippen molar-refractivity contribution in [3.8, 4) is 0 Å². The maximum atomic E-state index is 12.9. The summed E-state index contributed by atoms with van der Waals surface area (Å²) in [6.07, 6.45) is 1.39. The minimum atomic E-state index is -0.692. The Kier molecular flexibility index (Phi) is 4.93. The van der Waals surface area contributed by atoms with Gasteiger partial charge in [0.05, 0.1) is 6.26 Å². The summed E-state index contributed by atoms with van der Waals surface area (Å²) < 4.78 is 17.8. The van der Waals surface area contributed by atoms with Crippen LogP contribution in [-0.2, 0) is 11.3 Å². The molecule has 1 aromatic carbocycles. The van der Waals surface area contributed by atoms with Crippen LogP contribution in [0.15, 0.2) is 47.1 Å². The van der Waals surface area contributed by atoms with Gasteiger partial charge in [0, 0.05) is 13.6 Å². The molecule has 0 aliphatic heterocycles. The van der Waals surface area contributed by atoms with E-state index in [1.54, 1.807) is 32.2 Å². The average molecular weight is 304 g/mol. The number of halogens is 1. The maximum Gasteiger partial charge on any atom is 0.287 e. The number of rotatable bonds is 5. The van der Waals surface area contributed by atoms with E-state index in [-0.39, 0.29) is 17.5 Å². The van der Waals surface area contributed by atoms with Crippen LogP contribution in [-0.4, -0.2) is 29.8 Å². The third-order valence-electron chi connectivity index (χ3n) is 3.17. The Morgan fingerprint density at radius 1 is 1.27 bits per heavy atom. The molecule has 2 rings (SSSR count). The van der Waals surface area contributed by atoms with Crippen molar-refractivity contribution in [2.24, 2.45) is 0 Å². The molecule has 1 heterocycles. The fourth-order valence-electron chi connectivity index (χ4n) is 2.01. The SMILES string of the molecule is CC(NC(=O)c1ccco1)C(=O)N(C)Cc1ccc(F)cc1. The van der Waals surface area contributed by atoms with E-state index in [9.17, 15) is 14.0 Å². The van der Waals surface area contributed by atoms with Crippen molar-refractivity contribution in [3.05, 3.63) is 59.8 Å². The Bertz CT molecular complexity index is 638. The van der Waals surface area contributed by atoms with Crippen molar-refractivity contribution in [1.82, 2.24) is 10.2 Å². The zero-order valence-corrected chi connectivity index (χ0v) is 12.4. The van der Waals surface area contributed by atoms with E-state index in [0.717, 1.165) is 5.56 Å². The molecule has 1 aromatic heterocycles. The van der Waals surface area contributed by atoms with Crippen LogP contribution in [0.3, 0.4) is 0 Å². The number of hydrogen-bond donors (Lipinski definition) is 1. The number of nitrogens with one attached hydrogen (secondary N) is 1. The summed E-state index contributed by atoms with van der Waals surface area (Å²) in [5, 5.41) is 2.57. The van der Waals surface area contributed by atoms with Gasteiger partial charge in [0.25, 0.3) is 5.91 Å².